The van der Waals surface area contributed by atoms with Crippen molar-refractivity contribution >= 4 is 0 Å². The van der Waals surface area contributed by atoms with E-state index in [-0.39, 0.29) is 5.41 Å². The minimum Gasteiger partial charge on any atom is -0.496 e. The number of hydrogen-bond acceptors (Lipinski definition) is 4. The van der Waals surface area contributed by atoms with Crippen LogP contribution in [-0.4, -0.2) is 51.5 Å². The number of nitrogens with zero attached hydrogens (tertiary/aromatic N) is 1. The Morgan fingerprint density at radius 2 is 2.24 bits per heavy atom. The molecule has 2 heterocycles. The summed E-state index contributed by atoms with van der Waals surface area (Å²) >= 11 is 0. The van der Waals surface area contributed by atoms with E-state index >= 15 is 0 Å². The minimum absolute atomic E-state index is 0.192. The second-order valence-electron chi connectivity index (χ2n) is 6.19. The third-order valence-electron chi connectivity index (χ3n) is 4.77. The standard InChI is InChI=1S/C17H25NO3/c1-3-20-12-17-11-18(9-15(17)10-21-13-17)8-14-6-4-5-7-16(14)19-2/h4-7,15H,3,8-13H2,1-2H3/t15-,17-/m1/s1. The maximum atomic E-state index is 5.73. The Morgan fingerprint density at radius 3 is 3.05 bits per heavy atom. The summed E-state index contributed by atoms with van der Waals surface area (Å²) in [5, 5.41) is 0. The molecule has 2 fully saturated rings. The number of rotatable bonds is 6. The molecule has 0 N–H and O–H groups in total. The van der Waals surface area contributed by atoms with Gasteiger partial charge < -0.3 is 14.2 Å². The van der Waals surface area contributed by atoms with Gasteiger partial charge in [-0.2, -0.15) is 0 Å². The van der Waals surface area contributed by atoms with E-state index < -0.39 is 0 Å². The first-order valence-electron chi connectivity index (χ1n) is 7.77. The van der Waals surface area contributed by atoms with Crippen LogP contribution in [-0.2, 0) is 16.0 Å². The van der Waals surface area contributed by atoms with Crippen molar-refractivity contribution in [3.05, 3.63) is 29.8 Å². The fourth-order valence-electron chi connectivity index (χ4n) is 3.65. The molecule has 0 spiro atoms. The molecule has 2 atom stereocenters. The van der Waals surface area contributed by atoms with Crippen LogP contribution in [0, 0.1) is 11.3 Å². The summed E-state index contributed by atoms with van der Waals surface area (Å²) in [6.45, 7) is 8.44. The maximum Gasteiger partial charge on any atom is 0.123 e. The summed E-state index contributed by atoms with van der Waals surface area (Å²) in [5.41, 5.74) is 1.45. The first-order chi connectivity index (χ1) is 10.3. The van der Waals surface area contributed by atoms with Gasteiger partial charge >= 0.3 is 0 Å². The molecule has 4 heteroatoms. The van der Waals surface area contributed by atoms with Crippen LogP contribution < -0.4 is 4.74 Å². The van der Waals surface area contributed by atoms with Crippen molar-refractivity contribution < 1.29 is 14.2 Å². The average molecular weight is 291 g/mol. The average Bonchev–Trinajstić information content (AvgIpc) is 3.02. The van der Waals surface area contributed by atoms with E-state index in [2.05, 4.69) is 24.0 Å². The van der Waals surface area contributed by atoms with Gasteiger partial charge in [0.25, 0.3) is 0 Å². The highest BCUT2D eigenvalue weighted by molar-refractivity contribution is 5.33. The van der Waals surface area contributed by atoms with E-state index in [1.54, 1.807) is 7.11 Å². The largest absolute Gasteiger partial charge is 0.496 e. The predicted octanol–water partition coefficient (Wildman–Crippen LogP) is 2.18. The fourth-order valence-corrected chi connectivity index (χ4v) is 3.65. The Kier molecular flexibility index (Phi) is 4.48. The summed E-state index contributed by atoms with van der Waals surface area (Å²) < 4.78 is 16.9. The highest BCUT2D eigenvalue weighted by atomic mass is 16.5. The van der Waals surface area contributed by atoms with E-state index in [9.17, 15) is 0 Å². The summed E-state index contributed by atoms with van der Waals surface area (Å²) in [5.74, 6) is 1.57. The molecular formula is C17H25NO3. The molecule has 1 aromatic rings. The van der Waals surface area contributed by atoms with Crippen LogP contribution in [0.15, 0.2) is 24.3 Å². The lowest BCUT2D eigenvalue weighted by atomic mass is 9.82. The normalized spacial score (nSPS) is 28.8. The lowest BCUT2D eigenvalue weighted by molar-refractivity contribution is 0.0322. The molecule has 0 amide bonds. The minimum atomic E-state index is 0.192. The van der Waals surface area contributed by atoms with Crippen molar-refractivity contribution in [2.24, 2.45) is 11.3 Å². The van der Waals surface area contributed by atoms with Crippen molar-refractivity contribution in [1.29, 1.82) is 0 Å². The number of fused-ring (bicyclic) bond motifs is 1. The smallest absolute Gasteiger partial charge is 0.123 e. The number of likely N-dealkylation sites (tertiary alicyclic amines) is 1. The summed E-state index contributed by atoms with van der Waals surface area (Å²) in [4.78, 5) is 2.52. The summed E-state index contributed by atoms with van der Waals surface area (Å²) in [7, 11) is 1.74. The van der Waals surface area contributed by atoms with Gasteiger partial charge in [-0.3, -0.25) is 4.90 Å². The van der Waals surface area contributed by atoms with Gasteiger partial charge in [-0.1, -0.05) is 18.2 Å². The zero-order valence-corrected chi connectivity index (χ0v) is 13.0. The van der Waals surface area contributed by atoms with Gasteiger partial charge in [-0.25, -0.2) is 0 Å². The Hall–Kier alpha value is -1.10. The molecule has 3 rings (SSSR count). The van der Waals surface area contributed by atoms with Gasteiger partial charge in [0.1, 0.15) is 5.75 Å². The van der Waals surface area contributed by atoms with Gasteiger partial charge in [-0.05, 0) is 13.0 Å². The van der Waals surface area contributed by atoms with Crippen molar-refractivity contribution in [3.8, 4) is 5.75 Å². The molecular weight excluding hydrogens is 266 g/mol. The first kappa shape index (κ1) is 14.8. The van der Waals surface area contributed by atoms with Crippen LogP contribution in [0.5, 0.6) is 5.75 Å². The number of methoxy groups -OCH3 is 1. The number of hydrogen-bond donors (Lipinski definition) is 0. The van der Waals surface area contributed by atoms with Crippen molar-refractivity contribution in [2.75, 3.05) is 46.6 Å². The zero-order chi connectivity index (χ0) is 14.7. The molecule has 0 aliphatic carbocycles. The quantitative estimate of drug-likeness (QED) is 0.804. The Bertz CT molecular complexity index is 479. The number of ether oxygens (including phenoxy) is 3. The zero-order valence-electron chi connectivity index (χ0n) is 13.0. The van der Waals surface area contributed by atoms with Crippen LogP contribution in [0.4, 0.5) is 0 Å². The highest BCUT2D eigenvalue weighted by Gasteiger charge is 2.50. The third kappa shape index (κ3) is 2.93. The molecule has 2 aliphatic rings. The second kappa shape index (κ2) is 6.34. The van der Waals surface area contributed by atoms with E-state index in [1.165, 1.54) is 5.56 Å². The van der Waals surface area contributed by atoms with Gasteiger partial charge in [0, 0.05) is 43.1 Å². The van der Waals surface area contributed by atoms with Gasteiger partial charge in [-0.15, -0.1) is 0 Å². The molecule has 0 saturated carbocycles. The summed E-state index contributed by atoms with van der Waals surface area (Å²) in [6, 6.07) is 8.28. The molecule has 0 bridgehead atoms. The number of benzene rings is 1. The molecule has 4 nitrogen and oxygen atoms in total. The van der Waals surface area contributed by atoms with Crippen LogP contribution in [0.3, 0.4) is 0 Å². The predicted molar refractivity (Wildman–Crippen MR) is 81.5 cm³/mol. The van der Waals surface area contributed by atoms with Crippen LogP contribution in [0.25, 0.3) is 0 Å². The molecule has 2 saturated heterocycles. The Balaban J connectivity index is 1.69. The third-order valence-corrected chi connectivity index (χ3v) is 4.77. The van der Waals surface area contributed by atoms with Crippen molar-refractivity contribution in [1.82, 2.24) is 4.90 Å². The molecule has 21 heavy (non-hydrogen) atoms. The van der Waals surface area contributed by atoms with Crippen molar-refractivity contribution in [3.63, 3.8) is 0 Å². The topological polar surface area (TPSA) is 30.9 Å². The number of para-hydroxylation sites is 1. The maximum absolute atomic E-state index is 5.73. The fraction of sp³-hybridized carbons (Fsp3) is 0.647. The van der Waals surface area contributed by atoms with E-state index in [0.29, 0.717) is 5.92 Å². The molecule has 1 aromatic carbocycles. The molecule has 0 radical (unpaired) electrons. The lowest BCUT2D eigenvalue weighted by Crippen LogP contribution is -2.35. The van der Waals surface area contributed by atoms with Crippen LogP contribution in [0.2, 0.25) is 0 Å². The van der Waals surface area contributed by atoms with Crippen LogP contribution >= 0.6 is 0 Å². The molecule has 0 aromatic heterocycles. The van der Waals surface area contributed by atoms with Gasteiger partial charge in [0.2, 0.25) is 0 Å². The van der Waals surface area contributed by atoms with Gasteiger partial charge in [0.15, 0.2) is 0 Å². The van der Waals surface area contributed by atoms with Crippen molar-refractivity contribution in [2.45, 2.75) is 13.5 Å². The SMILES string of the molecule is CCOC[C@]12COC[C@H]1CN(Cc1ccccc1OC)C2. The molecule has 2 aliphatic heterocycles. The first-order valence-corrected chi connectivity index (χ1v) is 7.77. The molecule has 116 valence electrons. The lowest BCUT2D eigenvalue weighted by Gasteiger charge is -2.27. The van der Waals surface area contributed by atoms with E-state index in [0.717, 1.165) is 51.8 Å². The monoisotopic (exact) mass is 291 g/mol. The Morgan fingerprint density at radius 1 is 1.38 bits per heavy atom. The van der Waals surface area contributed by atoms with Crippen LogP contribution in [0.1, 0.15) is 12.5 Å². The molecule has 0 unspecified atom stereocenters. The highest BCUT2D eigenvalue weighted by Crippen LogP contribution is 2.42. The second-order valence-corrected chi connectivity index (χ2v) is 6.19. The van der Waals surface area contributed by atoms with E-state index in [1.807, 2.05) is 12.1 Å². The van der Waals surface area contributed by atoms with Gasteiger partial charge in [0.05, 0.1) is 26.9 Å². The summed E-state index contributed by atoms with van der Waals surface area (Å²) in [6.07, 6.45) is 0. The Labute approximate surface area is 127 Å². The van der Waals surface area contributed by atoms with E-state index in [4.69, 9.17) is 14.2 Å².